The van der Waals surface area contributed by atoms with Gasteiger partial charge in [-0.1, -0.05) is 30.1 Å². The van der Waals surface area contributed by atoms with E-state index < -0.39 is 11.9 Å². The highest BCUT2D eigenvalue weighted by atomic mass is 35.5. The minimum absolute atomic E-state index is 0.0552. The van der Waals surface area contributed by atoms with Crippen molar-refractivity contribution in [3.8, 4) is 16.9 Å². The van der Waals surface area contributed by atoms with Crippen LogP contribution in [0.2, 0.25) is 10.0 Å². The molecule has 2 heterocycles. The van der Waals surface area contributed by atoms with Crippen LogP contribution in [0.15, 0.2) is 36.8 Å². The second-order valence-electron chi connectivity index (χ2n) is 8.35. The lowest BCUT2D eigenvalue weighted by molar-refractivity contribution is -0.145. The molecule has 1 aliphatic rings. The first-order valence-electron chi connectivity index (χ1n) is 11.0. The Morgan fingerprint density at radius 3 is 2.88 bits per heavy atom. The molecule has 34 heavy (non-hydrogen) atoms. The average Bonchev–Trinajstić information content (AvgIpc) is 3.42. The number of rotatable bonds is 9. The zero-order chi connectivity index (χ0) is 24.4. The number of nitrogens with two attached hydrogens (primary N) is 1. The van der Waals surface area contributed by atoms with Crippen LogP contribution in [0.3, 0.4) is 0 Å². The second kappa shape index (κ2) is 10.2. The predicted octanol–water partition coefficient (Wildman–Crippen LogP) is 5.70. The lowest BCUT2D eigenvalue weighted by atomic mass is 10.1. The number of hydrogen-bond acceptors (Lipinski definition) is 6. The number of nitrogens with zero attached hydrogens (tertiary/aromatic N) is 3. The molecular weight excluding hydrogens is 482 g/mol. The molecule has 1 fully saturated rings. The van der Waals surface area contributed by atoms with E-state index in [1.165, 1.54) is 12.1 Å². The molecule has 180 valence electrons. The van der Waals surface area contributed by atoms with Gasteiger partial charge in [-0.25, -0.2) is 9.37 Å². The first kappa shape index (κ1) is 24.3. The van der Waals surface area contributed by atoms with Gasteiger partial charge in [0, 0.05) is 40.7 Å². The largest absolute Gasteiger partial charge is 0.482 e. The molecule has 0 amide bonds. The number of carbonyl (C=O) groups excluding carboxylic acids is 1. The summed E-state index contributed by atoms with van der Waals surface area (Å²) in [4.78, 5) is 16.2. The summed E-state index contributed by atoms with van der Waals surface area (Å²) in [7, 11) is 0. The van der Waals surface area contributed by atoms with Crippen molar-refractivity contribution in [1.29, 1.82) is 0 Å². The topological polar surface area (TPSA) is 92.3 Å². The highest BCUT2D eigenvalue weighted by Crippen LogP contribution is 2.41. The first-order chi connectivity index (χ1) is 16.3. The van der Waals surface area contributed by atoms with Gasteiger partial charge in [0.15, 0.2) is 11.6 Å². The maximum Gasteiger partial charge on any atom is 0.309 e. The Bertz CT molecular complexity index is 1200. The Morgan fingerprint density at radius 1 is 1.32 bits per heavy atom. The molecule has 3 unspecified atom stereocenters. The van der Waals surface area contributed by atoms with Crippen molar-refractivity contribution in [2.75, 3.05) is 12.3 Å². The van der Waals surface area contributed by atoms with E-state index >= 15 is 0 Å². The van der Waals surface area contributed by atoms with Gasteiger partial charge in [0.2, 0.25) is 0 Å². The Balaban J connectivity index is 1.46. The van der Waals surface area contributed by atoms with E-state index in [-0.39, 0.29) is 28.6 Å². The van der Waals surface area contributed by atoms with E-state index in [0.717, 1.165) is 24.0 Å². The van der Waals surface area contributed by atoms with Crippen LogP contribution < -0.4 is 10.5 Å². The maximum atomic E-state index is 13.9. The normalized spacial score (nSPS) is 17.9. The first-order valence-corrected chi connectivity index (χ1v) is 11.8. The second-order valence-corrected chi connectivity index (χ2v) is 9.13. The Kier molecular flexibility index (Phi) is 7.28. The average molecular weight is 507 g/mol. The van der Waals surface area contributed by atoms with E-state index in [1.54, 1.807) is 30.1 Å². The fourth-order valence-electron chi connectivity index (χ4n) is 3.77. The minimum atomic E-state index is -0.669. The van der Waals surface area contributed by atoms with E-state index in [0.29, 0.717) is 29.5 Å². The summed E-state index contributed by atoms with van der Waals surface area (Å²) < 4.78 is 26.9. The summed E-state index contributed by atoms with van der Waals surface area (Å²) in [6, 6.07) is 4.37. The third-order valence-electron chi connectivity index (χ3n) is 5.73. The van der Waals surface area contributed by atoms with Gasteiger partial charge < -0.3 is 15.2 Å². The van der Waals surface area contributed by atoms with Gasteiger partial charge >= 0.3 is 5.97 Å². The molecular formula is C24H25Cl2FN4O3. The molecule has 2 aromatic heterocycles. The molecule has 0 saturated heterocycles. The third-order valence-corrected chi connectivity index (χ3v) is 6.45. The fraction of sp³-hybridized carbons (Fsp3) is 0.375. The Labute approximate surface area is 207 Å². The lowest BCUT2D eigenvalue weighted by Crippen LogP contribution is -2.11. The number of pyridine rings is 1. The van der Waals surface area contributed by atoms with Gasteiger partial charge in [-0.15, -0.1) is 0 Å². The predicted molar refractivity (Wildman–Crippen MR) is 128 cm³/mol. The summed E-state index contributed by atoms with van der Waals surface area (Å²) >= 11 is 12.3. The van der Waals surface area contributed by atoms with Crippen LogP contribution in [0, 0.1) is 17.7 Å². The highest BCUT2D eigenvalue weighted by molar-refractivity contribution is 6.36. The molecule has 1 aromatic carbocycles. The van der Waals surface area contributed by atoms with Crippen molar-refractivity contribution < 1.29 is 18.7 Å². The Hall–Kier alpha value is -2.84. The number of anilines is 1. The number of carbonyl (C=O) groups is 1. The smallest absolute Gasteiger partial charge is 0.309 e. The van der Waals surface area contributed by atoms with Crippen molar-refractivity contribution in [3.05, 3.63) is 58.2 Å². The molecule has 0 spiro atoms. The summed E-state index contributed by atoms with van der Waals surface area (Å²) in [5.41, 5.74) is 7.91. The van der Waals surface area contributed by atoms with Crippen LogP contribution in [-0.2, 0) is 16.1 Å². The molecule has 2 N–H and O–H groups in total. The molecule has 1 aliphatic carbocycles. The van der Waals surface area contributed by atoms with Crippen LogP contribution in [0.4, 0.5) is 10.2 Å². The molecule has 4 rings (SSSR count). The van der Waals surface area contributed by atoms with Crippen molar-refractivity contribution in [2.24, 2.45) is 11.8 Å². The summed E-state index contributed by atoms with van der Waals surface area (Å²) in [6.45, 7) is 4.76. The molecule has 1 saturated carbocycles. The van der Waals surface area contributed by atoms with E-state index in [9.17, 15) is 9.18 Å². The van der Waals surface area contributed by atoms with Gasteiger partial charge in [0.05, 0.1) is 23.7 Å². The standard InChI is InChI=1S/C24H25Cl2FN4O3/c1-3-6-33-24(32)17-7-15(17)11-31-12-16(10-30-31)14-8-20(23(28)29-9-14)34-13(2)21-18(25)4-5-19(27)22(21)26/h4-5,8-10,12-13,15,17H,3,6-7,11H2,1-2H3,(H2,28,29). The van der Waals surface area contributed by atoms with E-state index in [1.807, 2.05) is 13.1 Å². The SMILES string of the molecule is CCCOC(=O)C1CC1Cn1cc(-c2cnc(N)c(OC(C)c3c(Cl)ccc(F)c3Cl)c2)cn1. The highest BCUT2D eigenvalue weighted by Gasteiger charge is 2.44. The number of halogens is 3. The van der Waals surface area contributed by atoms with Crippen LogP contribution in [0.25, 0.3) is 11.1 Å². The van der Waals surface area contributed by atoms with Crippen LogP contribution in [-0.4, -0.2) is 27.3 Å². The molecule has 0 radical (unpaired) electrons. The van der Waals surface area contributed by atoms with Gasteiger partial charge in [0.1, 0.15) is 11.9 Å². The molecule has 0 aliphatic heterocycles. The zero-order valence-electron chi connectivity index (χ0n) is 18.8. The number of benzene rings is 1. The van der Waals surface area contributed by atoms with Crippen molar-refractivity contribution >= 4 is 35.0 Å². The number of esters is 1. The van der Waals surface area contributed by atoms with E-state index in [4.69, 9.17) is 38.4 Å². The molecule has 10 heteroatoms. The molecule has 3 aromatic rings. The summed E-state index contributed by atoms with van der Waals surface area (Å²) in [6.07, 6.45) is 6.17. The van der Waals surface area contributed by atoms with Crippen LogP contribution >= 0.6 is 23.2 Å². The van der Waals surface area contributed by atoms with Crippen LogP contribution in [0.1, 0.15) is 38.4 Å². The fourth-order valence-corrected chi connectivity index (χ4v) is 4.45. The molecule has 0 bridgehead atoms. The minimum Gasteiger partial charge on any atom is -0.482 e. The third kappa shape index (κ3) is 5.28. The van der Waals surface area contributed by atoms with Gasteiger partial charge in [-0.3, -0.25) is 9.48 Å². The lowest BCUT2D eigenvalue weighted by Gasteiger charge is -2.19. The number of nitrogen functional groups attached to an aromatic ring is 1. The van der Waals surface area contributed by atoms with E-state index in [2.05, 4.69) is 10.1 Å². The van der Waals surface area contributed by atoms with Crippen molar-refractivity contribution in [2.45, 2.75) is 39.3 Å². The number of hydrogen-bond donors (Lipinski definition) is 1. The van der Waals surface area contributed by atoms with Gasteiger partial charge in [-0.05, 0) is 43.9 Å². The zero-order valence-corrected chi connectivity index (χ0v) is 20.3. The van der Waals surface area contributed by atoms with Crippen molar-refractivity contribution in [3.63, 3.8) is 0 Å². The monoisotopic (exact) mass is 506 g/mol. The van der Waals surface area contributed by atoms with Crippen molar-refractivity contribution in [1.82, 2.24) is 14.8 Å². The van der Waals surface area contributed by atoms with Gasteiger partial charge in [0.25, 0.3) is 0 Å². The number of aromatic nitrogens is 3. The molecule has 3 atom stereocenters. The quantitative estimate of drug-likeness (QED) is 0.295. The maximum absolute atomic E-state index is 13.9. The number of ether oxygens (including phenoxy) is 2. The van der Waals surface area contributed by atoms with Crippen LogP contribution in [0.5, 0.6) is 5.75 Å². The molecule has 7 nitrogen and oxygen atoms in total. The Morgan fingerprint density at radius 2 is 2.12 bits per heavy atom. The van der Waals surface area contributed by atoms with Gasteiger partial charge in [-0.2, -0.15) is 5.10 Å². The summed E-state index contributed by atoms with van der Waals surface area (Å²) in [5.74, 6) is -0.0488. The summed E-state index contributed by atoms with van der Waals surface area (Å²) in [5, 5.41) is 4.61.